The predicted octanol–water partition coefficient (Wildman–Crippen LogP) is 6.68. The summed E-state index contributed by atoms with van der Waals surface area (Å²) in [6.07, 6.45) is 9.37. The van der Waals surface area contributed by atoms with Gasteiger partial charge in [-0.3, -0.25) is 0 Å². The Hall–Kier alpha value is -0.615. The van der Waals surface area contributed by atoms with Crippen molar-refractivity contribution >= 4 is 34.6 Å². The van der Waals surface area contributed by atoms with Gasteiger partial charge < -0.3 is 9.31 Å². The lowest BCUT2D eigenvalue weighted by Gasteiger charge is -2.32. The van der Waals surface area contributed by atoms with E-state index >= 15 is 0 Å². The maximum Gasteiger partial charge on any atom is 0.505 e. The number of hydrogen-bond donors (Lipinski definition) is 0. The fourth-order valence-corrected chi connectivity index (χ4v) is 5.40. The van der Waals surface area contributed by atoms with E-state index in [1.165, 1.54) is 59.6 Å². The predicted molar refractivity (Wildman–Crippen MR) is 120 cm³/mol. The van der Waals surface area contributed by atoms with Gasteiger partial charge in [-0.2, -0.15) is 0 Å². The van der Waals surface area contributed by atoms with Gasteiger partial charge in [-0.15, -0.1) is 22.7 Å². The third-order valence-electron chi connectivity index (χ3n) is 5.79. The summed E-state index contributed by atoms with van der Waals surface area (Å²) in [5, 5.41) is 0. The lowest BCUT2D eigenvalue weighted by Crippen LogP contribution is -2.41. The van der Waals surface area contributed by atoms with Crippen LogP contribution in [0.1, 0.15) is 78.0 Å². The topological polar surface area (TPSA) is 18.5 Å². The molecule has 0 amide bonds. The highest BCUT2D eigenvalue weighted by atomic mass is 32.1. The van der Waals surface area contributed by atoms with Gasteiger partial charge in [-0.25, -0.2) is 0 Å². The minimum Gasteiger partial charge on any atom is -0.399 e. The van der Waals surface area contributed by atoms with Crippen LogP contribution in [0.25, 0.3) is 9.75 Å². The van der Waals surface area contributed by atoms with Gasteiger partial charge in [0.1, 0.15) is 0 Å². The number of unbranched alkanes of at least 4 members (excludes halogenated alkanes) is 5. The summed E-state index contributed by atoms with van der Waals surface area (Å²) in [4.78, 5) is 4.19. The molecule has 1 fully saturated rings. The molecule has 5 heteroatoms. The molecule has 3 rings (SSSR count). The Morgan fingerprint density at radius 1 is 0.778 bits per heavy atom. The van der Waals surface area contributed by atoms with Gasteiger partial charge >= 0.3 is 7.12 Å². The van der Waals surface area contributed by atoms with Gasteiger partial charge in [-0.05, 0) is 58.7 Å². The highest BCUT2D eigenvalue weighted by Gasteiger charge is 2.52. The second kappa shape index (κ2) is 8.81. The Morgan fingerprint density at radius 3 is 2.07 bits per heavy atom. The summed E-state index contributed by atoms with van der Waals surface area (Å²) >= 11 is 3.73. The van der Waals surface area contributed by atoms with Crippen LogP contribution in [0.4, 0.5) is 0 Å². The molecule has 0 atom stereocenters. The largest absolute Gasteiger partial charge is 0.505 e. The zero-order valence-electron chi connectivity index (χ0n) is 17.5. The van der Waals surface area contributed by atoms with Crippen molar-refractivity contribution in [1.29, 1.82) is 0 Å². The standard InChI is InChI=1S/C22H33BO2S2/c1-6-7-8-9-10-11-12-17-13-14-18(26-17)19-15-16-20(27-19)23-24-21(2,3)22(4,5)25-23/h13-16H,6-12H2,1-5H3. The Kier molecular flexibility index (Phi) is 6.89. The summed E-state index contributed by atoms with van der Waals surface area (Å²) in [6.45, 7) is 10.7. The molecule has 0 N–H and O–H groups in total. The van der Waals surface area contributed by atoms with Crippen LogP contribution in [0.5, 0.6) is 0 Å². The maximum absolute atomic E-state index is 6.19. The highest BCUT2D eigenvalue weighted by Crippen LogP contribution is 2.38. The Balaban J connectivity index is 1.56. The van der Waals surface area contributed by atoms with Crippen LogP contribution in [-0.4, -0.2) is 18.3 Å². The van der Waals surface area contributed by atoms with Gasteiger partial charge in [0, 0.05) is 19.4 Å². The molecule has 0 spiro atoms. The summed E-state index contributed by atoms with van der Waals surface area (Å²) in [7, 11) is -0.253. The van der Waals surface area contributed by atoms with E-state index in [0.29, 0.717) is 0 Å². The third-order valence-corrected chi connectivity index (χ3v) is 8.24. The van der Waals surface area contributed by atoms with E-state index in [4.69, 9.17) is 9.31 Å². The quantitative estimate of drug-likeness (QED) is 0.343. The van der Waals surface area contributed by atoms with Crippen molar-refractivity contribution in [2.24, 2.45) is 0 Å². The second-order valence-electron chi connectivity index (χ2n) is 8.57. The first-order valence-corrected chi connectivity index (χ1v) is 12.0. The molecule has 0 radical (unpaired) electrons. The second-order valence-corrected chi connectivity index (χ2v) is 10.9. The molecular formula is C22H33BO2S2. The summed E-state index contributed by atoms with van der Waals surface area (Å²) in [5.74, 6) is 0. The van der Waals surface area contributed by atoms with E-state index in [2.05, 4.69) is 58.9 Å². The molecule has 2 nitrogen and oxygen atoms in total. The molecule has 2 aromatic heterocycles. The number of rotatable bonds is 9. The minimum atomic E-state index is -0.283. The van der Waals surface area contributed by atoms with Crippen LogP contribution in [0.3, 0.4) is 0 Å². The molecule has 148 valence electrons. The zero-order chi connectivity index (χ0) is 19.5. The zero-order valence-corrected chi connectivity index (χ0v) is 19.1. The van der Waals surface area contributed by atoms with Crippen molar-refractivity contribution in [3.05, 3.63) is 29.1 Å². The number of hydrogen-bond acceptors (Lipinski definition) is 4. The molecule has 27 heavy (non-hydrogen) atoms. The Labute approximate surface area is 173 Å². The van der Waals surface area contributed by atoms with Crippen molar-refractivity contribution in [2.75, 3.05) is 0 Å². The van der Waals surface area contributed by atoms with Gasteiger partial charge in [-0.1, -0.05) is 45.1 Å². The first-order chi connectivity index (χ1) is 12.8. The van der Waals surface area contributed by atoms with Crippen LogP contribution in [-0.2, 0) is 15.7 Å². The van der Waals surface area contributed by atoms with Gasteiger partial charge in [0.2, 0.25) is 0 Å². The van der Waals surface area contributed by atoms with E-state index < -0.39 is 0 Å². The maximum atomic E-state index is 6.19. The van der Waals surface area contributed by atoms with E-state index in [-0.39, 0.29) is 18.3 Å². The number of thiophene rings is 2. The van der Waals surface area contributed by atoms with E-state index in [1.807, 2.05) is 11.3 Å². The SMILES string of the molecule is CCCCCCCCc1ccc(-c2ccc(B3OC(C)(C)C(C)(C)O3)s2)s1. The van der Waals surface area contributed by atoms with E-state index in [9.17, 15) is 0 Å². The van der Waals surface area contributed by atoms with Gasteiger partial charge in [0.05, 0.1) is 11.2 Å². The smallest absolute Gasteiger partial charge is 0.399 e. The molecule has 0 aromatic carbocycles. The lowest BCUT2D eigenvalue weighted by atomic mass is 9.88. The highest BCUT2D eigenvalue weighted by molar-refractivity contribution is 7.28. The van der Waals surface area contributed by atoms with Crippen LogP contribution in [0.15, 0.2) is 24.3 Å². The third kappa shape index (κ3) is 5.06. The molecule has 1 saturated heterocycles. The fourth-order valence-electron chi connectivity index (χ4n) is 3.30. The molecular weight excluding hydrogens is 371 g/mol. The average molecular weight is 404 g/mol. The van der Waals surface area contributed by atoms with Crippen molar-refractivity contribution in [3.63, 3.8) is 0 Å². The molecule has 2 aromatic rings. The Morgan fingerprint density at radius 2 is 1.37 bits per heavy atom. The molecule has 1 aliphatic heterocycles. The van der Waals surface area contributed by atoms with E-state index in [0.717, 1.165) is 4.78 Å². The van der Waals surface area contributed by atoms with Crippen LogP contribution >= 0.6 is 22.7 Å². The first kappa shape index (κ1) is 21.1. The molecule has 0 saturated carbocycles. The monoisotopic (exact) mass is 404 g/mol. The van der Waals surface area contributed by atoms with Gasteiger partial charge in [0.25, 0.3) is 0 Å². The normalized spacial score (nSPS) is 18.3. The Bertz CT molecular complexity index is 716. The summed E-state index contributed by atoms with van der Waals surface area (Å²) in [6, 6.07) is 8.96. The fraction of sp³-hybridized carbons (Fsp3) is 0.636. The molecule has 0 unspecified atom stereocenters. The minimum absolute atomic E-state index is 0.253. The lowest BCUT2D eigenvalue weighted by molar-refractivity contribution is 0.00578. The van der Waals surface area contributed by atoms with Crippen LogP contribution < -0.4 is 4.78 Å². The average Bonchev–Trinajstić information content (AvgIpc) is 3.29. The van der Waals surface area contributed by atoms with Crippen molar-refractivity contribution in [2.45, 2.75) is 90.8 Å². The van der Waals surface area contributed by atoms with Crippen LogP contribution in [0, 0.1) is 0 Å². The van der Waals surface area contributed by atoms with Crippen molar-refractivity contribution in [3.8, 4) is 9.75 Å². The number of aryl methyl sites for hydroxylation is 1. The summed E-state index contributed by atoms with van der Waals surface area (Å²) < 4.78 is 13.5. The van der Waals surface area contributed by atoms with Gasteiger partial charge in [0.15, 0.2) is 0 Å². The molecule has 0 bridgehead atoms. The van der Waals surface area contributed by atoms with Crippen molar-refractivity contribution in [1.82, 2.24) is 0 Å². The molecule has 1 aliphatic rings. The van der Waals surface area contributed by atoms with Crippen molar-refractivity contribution < 1.29 is 9.31 Å². The molecule has 3 heterocycles. The summed E-state index contributed by atoms with van der Waals surface area (Å²) in [5.41, 5.74) is -0.565. The molecule has 0 aliphatic carbocycles. The van der Waals surface area contributed by atoms with E-state index in [1.54, 1.807) is 11.3 Å². The first-order valence-electron chi connectivity index (χ1n) is 10.4. The van der Waals surface area contributed by atoms with Crippen LogP contribution in [0.2, 0.25) is 0 Å².